The first-order chi connectivity index (χ1) is 13.1. The highest BCUT2D eigenvalue weighted by Gasteiger charge is 2.63. The van der Waals surface area contributed by atoms with Crippen LogP contribution in [0.5, 0.6) is 0 Å². The van der Waals surface area contributed by atoms with Gasteiger partial charge >= 0.3 is 0 Å². The molecule has 0 saturated heterocycles. The van der Waals surface area contributed by atoms with Crippen LogP contribution in [0.1, 0.15) is 93.9 Å². The third-order valence-electron chi connectivity index (χ3n) is 9.39. The van der Waals surface area contributed by atoms with E-state index in [4.69, 9.17) is 0 Å². The fourth-order valence-corrected chi connectivity index (χ4v) is 7.55. The van der Waals surface area contributed by atoms with E-state index in [1.807, 2.05) is 20.8 Å². The van der Waals surface area contributed by atoms with Crippen molar-refractivity contribution >= 4 is 5.91 Å². The Hall–Kier alpha value is -0.640. The molecule has 3 saturated carbocycles. The molecule has 168 valence electrons. The van der Waals surface area contributed by atoms with Gasteiger partial charge in [-0.2, -0.15) is 0 Å². The number of alkyl halides is 1. The number of aliphatic hydroxyl groups is 1. The van der Waals surface area contributed by atoms with Gasteiger partial charge in [0.1, 0.15) is 11.8 Å². The zero-order chi connectivity index (χ0) is 22.0. The van der Waals surface area contributed by atoms with Crippen LogP contribution in [-0.2, 0) is 4.79 Å². The number of fused-ring (bicyclic) bond motifs is 3. The van der Waals surface area contributed by atoms with Crippen molar-refractivity contribution in [3.63, 3.8) is 0 Å². The van der Waals surface area contributed by atoms with Gasteiger partial charge in [0.15, 0.2) is 0 Å². The van der Waals surface area contributed by atoms with Crippen LogP contribution >= 0.6 is 0 Å². The fraction of sp³-hybridized carbons (Fsp3) is 0.960. The number of hydrogen-bond acceptors (Lipinski definition) is 2. The second-order valence-corrected chi connectivity index (χ2v) is 12.6. The summed E-state index contributed by atoms with van der Waals surface area (Å²) in [6, 6.07) is 0. The number of rotatable bonds is 1. The molecule has 3 nitrogen and oxygen atoms in total. The number of carbonyl (C=O) groups excluding carboxylic acids is 1. The van der Waals surface area contributed by atoms with Gasteiger partial charge in [-0.05, 0) is 94.3 Å². The van der Waals surface area contributed by atoms with E-state index >= 15 is 4.39 Å². The highest BCUT2D eigenvalue weighted by Crippen LogP contribution is 2.63. The molecule has 2 bridgehead atoms. The molecule has 0 radical (unpaired) electrons. The average molecular weight is 410 g/mol. The van der Waals surface area contributed by atoms with Crippen LogP contribution < -0.4 is 5.32 Å². The first-order valence-corrected chi connectivity index (χ1v) is 11.8. The molecular formula is C25H44FNO2. The van der Waals surface area contributed by atoms with E-state index in [1.54, 1.807) is 0 Å². The molecule has 0 spiro atoms. The van der Waals surface area contributed by atoms with Crippen LogP contribution in [0.25, 0.3) is 0 Å². The lowest BCUT2D eigenvalue weighted by molar-refractivity contribution is -0.196. The molecule has 4 heteroatoms. The van der Waals surface area contributed by atoms with Gasteiger partial charge < -0.3 is 10.4 Å². The molecule has 2 unspecified atom stereocenters. The van der Waals surface area contributed by atoms with Crippen molar-refractivity contribution in [3.05, 3.63) is 0 Å². The number of halogens is 1. The lowest BCUT2D eigenvalue weighted by Crippen LogP contribution is -2.66. The first-order valence-electron chi connectivity index (χ1n) is 11.8. The average Bonchev–Trinajstić information content (AvgIpc) is 2.54. The fourth-order valence-electron chi connectivity index (χ4n) is 7.55. The molecule has 3 aliphatic carbocycles. The zero-order valence-electron chi connectivity index (χ0n) is 19.9. The Kier molecular flexibility index (Phi) is 5.72. The minimum Gasteiger partial charge on any atom is -0.379 e. The molecule has 29 heavy (non-hydrogen) atoms. The van der Waals surface area contributed by atoms with Gasteiger partial charge in [-0.25, -0.2) is 4.39 Å². The summed E-state index contributed by atoms with van der Waals surface area (Å²) in [5.74, 6) is 1.09. The Bertz CT molecular complexity index is 641. The summed E-state index contributed by atoms with van der Waals surface area (Å²) in [5.41, 5.74) is -2.34. The minimum atomic E-state index is -1.39. The highest BCUT2D eigenvalue weighted by molar-refractivity contribution is 5.86. The molecule has 0 heterocycles. The standard InChI is InChI=1S/C25H44FNO2/c1-15-9-12-25(29,21(28)27-22(3,4)5)24(8)11-10-17-16(2)13-20(26)19(14-18(15)24)23(17,6)7/h15-20,29H,9-14H2,1-8H3,(H,27,28)/t15-,16-,17+,18-,19-,20?,24+,25?/m1/s1. The Labute approximate surface area is 177 Å². The molecule has 1 amide bonds. The van der Waals surface area contributed by atoms with E-state index in [9.17, 15) is 9.90 Å². The van der Waals surface area contributed by atoms with Crippen LogP contribution in [0.3, 0.4) is 0 Å². The summed E-state index contributed by atoms with van der Waals surface area (Å²) in [6.07, 6.45) is 3.75. The molecule has 0 aromatic rings. The van der Waals surface area contributed by atoms with Crippen molar-refractivity contribution in [1.82, 2.24) is 5.32 Å². The SMILES string of the molecule is C[C@@H]1CCC(O)(C(=O)NC(C)(C)C)[C@@]2(C)CC[C@H]3[C@H](C)CC(F)[C@@H](C[C@H]12)C3(C)C. The first kappa shape index (κ1) is 23.0. The monoisotopic (exact) mass is 409 g/mol. The Morgan fingerprint density at radius 2 is 1.59 bits per heavy atom. The van der Waals surface area contributed by atoms with E-state index in [-0.39, 0.29) is 28.7 Å². The van der Waals surface area contributed by atoms with E-state index < -0.39 is 17.2 Å². The number of carbonyl (C=O) groups is 1. The molecule has 0 aliphatic heterocycles. The summed E-state index contributed by atoms with van der Waals surface area (Å²) in [5, 5.41) is 15.0. The maximum Gasteiger partial charge on any atom is 0.252 e. The van der Waals surface area contributed by atoms with Crippen molar-refractivity contribution in [2.45, 2.75) is 111 Å². The molecule has 3 aliphatic rings. The molecule has 8 atom stereocenters. The molecule has 3 fully saturated rings. The van der Waals surface area contributed by atoms with Crippen LogP contribution in [-0.4, -0.2) is 28.3 Å². The van der Waals surface area contributed by atoms with Crippen molar-refractivity contribution in [2.24, 2.45) is 40.4 Å². The zero-order valence-corrected chi connectivity index (χ0v) is 19.9. The Morgan fingerprint density at radius 1 is 0.966 bits per heavy atom. The summed E-state index contributed by atoms with van der Waals surface area (Å²) in [6.45, 7) is 17.0. The molecule has 3 rings (SSSR count). The van der Waals surface area contributed by atoms with E-state index in [2.05, 4.69) is 39.9 Å². The topological polar surface area (TPSA) is 49.3 Å². The van der Waals surface area contributed by atoms with Crippen LogP contribution in [0.2, 0.25) is 0 Å². The molecular weight excluding hydrogens is 365 g/mol. The van der Waals surface area contributed by atoms with Crippen LogP contribution in [0.4, 0.5) is 4.39 Å². The third kappa shape index (κ3) is 3.66. The van der Waals surface area contributed by atoms with Crippen molar-refractivity contribution in [2.75, 3.05) is 0 Å². The smallest absolute Gasteiger partial charge is 0.252 e. The molecule has 2 N–H and O–H groups in total. The van der Waals surface area contributed by atoms with Crippen molar-refractivity contribution in [1.29, 1.82) is 0 Å². The van der Waals surface area contributed by atoms with Gasteiger partial charge in [-0.15, -0.1) is 0 Å². The normalized spacial score (nSPS) is 47.5. The van der Waals surface area contributed by atoms with Crippen molar-refractivity contribution < 1.29 is 14.3 Å². The second-order valence-electron chi connectivity index (χ2n) is 12.6. The summed E-state index contributed by atoms with van der Waals surface area (Å²) >= 11 is 0. The third-order valence-corrected chi connectivity index (χ3v) is 9.39. The quantitative estimate of drug-likeness (QED) is 0.600. The summed E-state index contributed by atoms with van der Waals surface area (Å²) in [7, 11) is 0. The van der Waals surface area contributed by atoms with Gasteiger partial charge in [0, 0.05) is 11.0 Å². The van der Waals surface area contributed by atoms with Gasteiger partial charge in [0.2, 0.25) is 0 Å². The summed E-state index contributed by atoms with van der Waals surface area (Å²) in [4.78, 5) is 13.4. The van der Waals surface area contributed by atoms with E-state index in [1.165, 1.54) is 0 Å². The van der Waals surface area contributed by atoms with Gasteiger partial charge in [0.05, 0.1) is 0 Å². The van der Waals surface area contributed by atoms with Crippen LogP contribution in [0, 0.1) is 40.4 Å². The Balaban J connectivity index is 2.03. The maximum absolute atomic E-state index is 15.4. The Morgan fingerprint density at radius 3 is 2.17 bits per heavy atom. The predicted octanol–water partition coefficient (Wildman–Crippen LogP) is 5.51. The van der Waals surface area contributed by atoms with Gasteiger partial charge in [-0.1, -0.05) is 34.6 Å². The lowest BCUT2D eigenvalue weighted by atomic mass is 9.45. The van der Waals surface area contributed by atoms with E-state index in [0.29, 0.717) is 30.6 Å². The number of hydrogen-bond donors (Lipinski definition) is 2. The number of nitrogens with one attached hydrogen (secondary N) is 1. The van der Waals surface area contributed by atoms with E-state index in [0.717, 1.165) is 25.7 Å². The molecule has 0 aromatic heterocycles. The van der Waals surface area contributed by atoms with Gasteiger partial charge in [-0.3, -0.25) is 4.79 Å². The van der Waals surface area contributed by atoms with Gasteiger partial charge in [0.25, 0.3) is 5.91 Å². The largest absolute Gasteiger partial charge is 0.379 e. The predicted molar refractivity (Wildman–Crippen MR) is 116 cm³/mol. The maximum atomic E-state index is 15.4. The number of amides is 1. The minimum absolute atomic E-state index is 0.00352. The second kappa shape index (κ2) is 7.21. The lowest BCUT2D eigenvalue weighted by Gasteiger charge is -2.61. The van der Waals surface area contributed by atoms with Crippen LogP contribution in [0.15, 0.2) is 0 Å². The van der Waals surface area contributed by atoms with Crippen molar-refractivity contribution in [3.8, 4) is 0 Å². The summed E-state index contributed by atoms with van der Waals surface area (Å²) < 4.78 is 15.4. The molecule has 0 aromatic carbocycles. The highest BCUT2D eigenvalue weighted by atomic mass is 19.1.